The second kappa shape index (κ2) is 7.14. The zero-order valence-electron chi connectivity index (χ0n) is 14.3. The van der Waals surface area contributed by atoms with E-state index >= 15 is 0 Å². The highest BCUT2D eigenvalue weighted by Gasteiger charge is 1.98. The topological polar surface area (TPSA) is 17.1 Å². The molecule has 0 saturated carbocycles. The Morgan fingerprint density at radius 1 is 0.625 bits per heavy atom. The molecule has 0 aliphatic heterocycles. The quantitative estimate of drug-likeness (QED) is 0.248. The highest BCUT2D eigenvalue weighted by atomic mass is 15.4. The Kier molecular flexibility index (Phi) is 4.76. The van der Waals surface area contributed by atoms with Crippen LogP contribution < -0.4 is 0 Å². The van der Waals surface area contributed by atoms with Crippen molar-refractivity contribution >= 4 is 17.6 Å². The molecule has 0 aliphatic rings. The molecule has 0 heterocycles. The third-order valence-corrected chi connectivity index (χ3v) is 3.81. The number of hydrogen-bond donors (Lipinski definition) is 0. The van der Waals surface area contributed by atoms with Crippen LogP contribution in [0.25, 0.3) is 5.43 Å². The first-order valence-electron chi connectivity index (χ1n) is 8.08. The normalized spacial score (nSPS) is 11.4. The van der Waals surface area contributed by atoms with Crippen molar-refractivity contribution in [3.05, 3.63) is 100 Å². The molecule has 3 aromatic carbocycles. The number of benzene rings is 3. The Hall–Kier alpha value is -2.87. The summed E-state index contributed by atoms with van der Waals surface area (Å²) < 4.78 is 1.81. The minimum Gasteiger partial charge on any atom is -0.423 e. The molecule has 0 fully saturated rings. The Bertz CT molecular complexity index is 827. The molecule has 0 spiro atoms. The molecule has 0 atom stereocenters. The fourth-order valence-electron chi connectivity index (χ4n) is 2.31. The molecule has 2 nitrogen and oxygen atoms in total. The van der Waals surface area contributed by atoms with E-state index in [1.165, 1.54) is 16.7 Å². The van der Waals surface area contributed by atoms with Gasteiger partial charge in [-0.3, -0.25) is 0 Å². The fourth-order valence-corrected chi connectivity index (χ4v) is 2.31. The Morgan fingerprint density at radius 3 is 1.62 bits per heavy atom. The van der Waals surface area contributed by atoms with Gasteiger partial charge in [0.25, 0.3) is 0 Å². The van der Waals surface area contributed by atoms with Crippen molar-refractivity contribution in [1.82, 2.24) is 0 Å². The summed E-state index contributed by atoms with van der Waals surface area (Å²) in [5.41, 5.74) is 11.3. The molecular weight excluding hydrogens is 292 g/mol. The summed E-state index contributed by atoms with van der Waals surface area (Å²) in [4.78, 5) is 0. The molecular formula is C22H21N2-. The standard InChI is InChI=1S/C22H21N2/c1-17-4-10-20(11-5-17)16-24(22-14-8-19(3)9-15-22)23-21-12-6-18(2)7-13-21/h4-15H,1-3H3/q-1. The summed E-state index contributed by atoms with van der Waals surface area (Å²) in [6.07, 6.45) is 3.37. The van der Waals surface area contributed by atoms with Gasteiger partial charge in [0.1, 0.15) is 11.9 Å². The van der Waals surface area contributed by atoms with Crippen LogP contribution in [-0.4, -0.2) is 10.9 Å². The summed E-state index contributed by atoms with van der Waals surface area (Å²) >= 11 is 0. The second-order valence-corrected chi connectivity index (χ2v) is 6.06. The zero-order valence-corrected chi connectivity index (χ0v) is 14.3. The molecule has 0 unspecified atom stereocenters. The first-order chi connectivity index (χ1) is 11.6. The average molecular weight is 313 g/mol. The van der Waals surface area contributed by atoms with Gasteiger partial charge in [-0.05, 0) is 32.9 Å². The van der Waals surface area contributed by atoms with E-state index in [-0.39, 0.29) is 0 Å². The van der Waals surface area contributed by atoms with Gasteiger partial charge in [-0.1, -0.05) is 64.3 Å². The van der Waals surface area contributed by atoms with E-state index in [1.54, 1.807) is 0 Å². The van der Waals surface area contributed by atoms with Gasteiger partial charge in [-0.15, -0.1) is 24.3 Å². The van der Waals surface area contributed by atoms with E-state index in [4.69, 9.17) is 5.43 Å². The van der Waals surface area contributed by atoms with Gasteiger partial charge >= 0.3 is 0 Å². The van der Waals surface area contributed by atoms with Crippen molar-refractivity contribution in [3.8, 4) is 0 Å². The van der Waals surface area contributed by atoms with Crippen LogP contribution in [0, 0.1) is 20.8 Å². The monoisotopic (exact) mass is 313 g/mol. The molecule has 0 bridgehead atoms. The van der Waals surface area contributed by atoms with Gasteiger partial charge in [0.05, 0.1) is 0 Å². The number of rotatable bonds is 4. The minimum atomic E-state index is 0.904. The lowest BCUT2D eigenvalue weighted by atomic mass is 10.2. The summed E-state index contributed by atoms with van der Waals surface area (Å²) in [6.45, 7) is 6.24. The fraction of sp³-hybridized carbons (Fsp3) is 0.136. The SMILES string of the molecule is Cc1ccc([C-]=[N+]([N-]c2ccc(C)cc2)c2ccc(C)cc2)cc1. The van der Waals surface area contributed by atoms with E-state index in [9.17, 15) is 0 Å². The van der Waals surface area contributed by atoms with Crippen molar-refractivity contribution < 1.29 is 4.68 Å². The second-order valence-electron chi connectivity index (χ2n) is 6.06. The van der Waals surface area contributed by atoms with Gasteiger partial charge < -0.3 is 10.1 Å². The largest absolute Gasteiger partial charge is 0.423 e. The van der Waals surface area contributed by atoms with Crippen molar-refractivity contribution in [2.24, 2.45) is 0 Å². The van der Waals surface area contributed by atoms with E-state index in [2.05, 4.69) is 87.6 Å². The maximum absolute atomic E-state index is 4.74. The van der Waals surface area contributed by atoms with E-state index in [1.807, 2.05) is 16.8 Å². The van der Waals surface area contributed by atoms with Crippen LogP contribution in [0.3, 0.4) is 0 Å². The lowest BCUT2D eigenvalue weighted by Crippen LogP contribution is -2.01. The van der Waals surface area contributed by atoms with Crippen LogP contribution in [0.5, 0.6) is 0 Å². The van der Waals surface area contributed by atoms with Gasteiger partial charge in [-0.25, -0.2) is 0 Å². The molecule has 0 amide bonds. The molecule has 0 N–H and O–H groups in total. The molecule has 3 rings (SSSR count). The lowest BCUT2D eigenvalue weighted by Gasteiger charge is -2.22. The molecule has 0 saturated heterocycles. The predicted octanol–water partition coefficient (Wildman–Crippen LogP) is 5.87. The Labute approximate surface area is 144 Å². The van der Waals surface area contributed by atoms with Gasteiger partial charge in [0.2, 0.25) is 0 Å². The van der Waals surface area contributed by atoms with Gasteiger partial charge in [0.15, 0.2) is 0 Å². The van der Waals surface area contributed by atoms with Crippen molar-refractivity contribution in [2.45, 2.75) is 20.8 Å². The number of hydrogen-bond acceptors (Lipinski definition) is 0. The molecule has 0 aliphatic carbocycles. The third kappa shape index (κ3) is 4.11. The minimum absolute atomic E-state index is 0.904. The predicted molar refractivity (Wildman–Crippen MR) is 101 cm³/mol. The highest BCUT2D eigenvalue weighted by Crippen LogP contribution is 2.25. The molecule has 3 aromatic rings. The average Bonchev–Trinajstić information content (AvgIpc) is 2.59. The summed E-state index contributed by atoms with van der Waals surface area (Å²) in [5.74, 6) is 0. The van der Waals surface area contributed by atoms with Crippen LogP contribution in [0.1, 0.15) is 22.3 Å². The molecule has 120 valence electrons. The maximum Gasteiger partial charge on any atom is 0.149 e. The lowest BCUT2D eigenvalue weighted by molar-refractivity contribution is -0.371. The molecule has 0 aromatic heterocycles. The third-order valence-electron chi connectivity index (χ3n) is 3.81. The van der Waals surface area contributed by atoms with Crippen molar-refractivity contribution in [2.75, 3.05) is 0 Å². The number of aryl methyl sites for hydroxylation is 3. The van der Waals surface area contributed by atoms with E-state index in [0.29, 0.717) is 0 Å². The van der Waals surface area contributed by atoms with E-state index < -0.39 is 0 Å². The Balaban J connectivity index is 1.97. The van der Waals surface area contributed by atoms with Crippen molar-refractivity contribution in [3.63, 3.8) is 0 Å². The summed E-state index contributed by atoms with van der Waals surface area (Å²) in [6, 6.07) is 24.8. The Morgan fingerprint density at radius 2 is 1.08 bits per heavy atom. The van der Waals surface area contributed by atoms with Crippen molar-refractivity contribution in [1.29, 1.82) is 0 Å². The summed E-state index contributed by atoms with van der Waals surface area (Å²) in [5, 5.41) is 0. The first kappa shape index (κ1) is 16.0. The van der Waals surface area contributed by atoms with Gasteiger partial charge in [0, 0.05) is 0 Å². The van der Waals surface area contributed by atoms with Crippen LogP contribution in [0.15, 0.2) is 72.8 Å². The molecule has 24 heavy (non-hydrogen) atoms. The zero-order chi connectivity index (χ0) is 16.9. The first-order valence-corrected chi connectivity index (χ1v) is 8.08. The van der Waals surface area contributed by atoms with Crippen LogP contribution >= 0.6 is 0 Å². The van der Waals surface area contributed by atoms with Crippen LogP contribution in [0.4, 0.5) is 11.4 Å². The molecule has 0 radical (unpaired) electrons. The number of nitrogens with zero attached hydrogens (tertiary/aromatic N) is 2. The smallest absolute Gasteiger partial charge is 0.149 e. The molecule has 2 heteroatoms. The highest BCUT2D eigenvalue weighted by molar-refractivity contribution is 5.77. The van der Waals surface area contributed by atoms with Crippen LogP contribution in [-0.2, 0) is 0 Å². The van der Waals surface area contributed by atoms with E-state index in [0.717, 1.165) is 16.9 Å². The van der Waals surface area contributed by atoms with Gasteiger partial charge in [-0.2, -0.15) is 0 Å². The summed E-state index contributed by atoms with van der Waals surface area (Å²) in [7, 11) is 0. The maximum atomic E-state index is 4.74. The van der Waals surface area contributed by atoms with Crippen LogP contribution in [0.2, 0.25) is 0 Å².